The number of allylic oxidation sites excluding steroid dienone is 1. The molecular formula is C16H23NO2. The fourth-order valence-electron chi connectivity index (χ4n) is 2.26. The normalized spacial score (nSPS) is 20.1. The van der Waals surface area contributed by atoms with Crippen LogP contribution in [0, 0.1) is 0 Å². The summed E-state index contributed by atoms with van der Waals surface area (Å²) in [4.78, 5) is 0. The first-order chi connectivity index (χ1) is 9.24. The van der Waals surface area contributed by atoms with E-state index in [-0.39, 0.29) is 6.10 Å². The first-order valence-electron chi connectivity index (χ1n) is 6.93. The lowest BCUT2D eigenvalue weighted by Crippen LogP contribution is -2.16. The molecule has 2 rings (SSSR count). The fraction of sp³-hybridized carbons (Fsp3) is 0.500. The Kier molecular flexibility index (Phi) is 4.86. The van der Waals surface area contributed by atoms with Crippen molar-refractivity contribution in [3.8, 4) is 11.5 Å². The zero-order valence-electron chi connectivity index (χ0n) is 12.0. The first-order valence-corrected chi connectivity index (χ1v) is 6.93. The zero-order chi connectivity index (χ0) is 13.7. The van der Waals surface area contributed by atoms with E-state index < -0.39 is 0 Å². The maximum absolute atomic E-state index is 6.01. The van der Waals surface area contributed by atoms with Crippen molar-refractivity contribution in [2.45, 2.75) is 38.3 Å². The average Bonchev–Trinajstić information content (AvgIpc) is 2.48. The number of methoxy groups -OCH3 is 1. The summed E-state index contributed by atoms with van der Waals surface area (Å²) in [5, 5.41) is 3.23. The van der Waals surface area contributed by atoms with Crippen LogP contribution >= 0.6 is 0 Å². The predicted molar refractivity (Wildman–Crippen MR) is 77.9 cm³/mol. The quantitative estimate of drug-likeness (QED) is 0.823. The van der Waals surface area contributed by atoms with Gasteiger partial charge in [-0.15, -0.1) is 0 Å². The molecule has 0 amide bonds. The second kappa shape index (κ2) is 6.62. The molecule has 1 aliphatic carbocycles. The molecule has 0 aromatic heterocycles. The van der Waals surface area contributed by atoms with Crippen molar-refractivity contribution in [3.63, 3.8) is 0 Å². The number of benzene rings is 1. The summed E-state index contributed by atoms with van der Waals surface area (Å²) in [6.45, 7) is 2.12. The van der Waals surface area contributed by atoms with Gasteiger partial charge in [0.25, 0.3) is 0 Å². The Morgan fingerprint density at radius 3 is 2.79 bits per heavy atom. The maximum Gasteiger partial charge on any atom is 0.162 e. The lowest BCUT2D eigenvalue weighted by atomic mass is 10.0. The highest BCUT2D eigenvalue weighted by molar-refractivity contribution is 5.44. The van der Waals surface area contributed by atoms with Crippen molar-refractivity contribution in [3.05, 3.63) is 35.9 Å². The molecule has 0 saturated heterocycles. The van der Waals surface area contributed by atoms with Gasteiger partial charge in [0.1, 0.15) is 6.10 Å². The van der Waals surface area contributed by atoms with E-state index in [2.05, 4.69) is 30.5 Å². The molecule has 0 heterocycles. The Morgan fingerprint density at radius 1 is 1.32 bits per heavy atom. The maximum atomic E-state index is 6.01. The van der Waals surface area contributed by atoms with Gasteiger partial charge in [-0.2, -0.15) is 0 Å². The Balaban J connectivity index is 2.15. The van der Waals surface area contributed by atoms with Gasteiger partial charge in [-0.1, -0.05) is 12.1 Å². The van der Waals surface area contributed by atoms with E-state index in [0.29, 0.717) is 6.04 Å². The Morgan fingerprint density at radius 2 is 2.16 bits per heavy atom. The largest absolute Gasteiger partial charge is 0.493 e. The van der Waals surface area contributed by atoms with Crippen molar-refractivity contribution < 1.29 is 9.47 Å². The molecule has 1 aromatic rings. The second-order valence-corrected chi connectivity index (χ2v) is 4.94. The summed E-state index contributed by atoms with van der Waals surface area (Å²) < 4.78 is 11.5. The summed E-state index contributed by atoms with van der Waals surface area (Å²) in [5.41, 5.74) is 1.20. The third kappa shape index (κ3) is 3.51. The van der Waals surface area contributed by atoms with Crippen LogP contribution in [-0.4, -0.2) is 20.3 Å². The van der Waals surface area contributed by atoms with E-state index in [4.69, 9.17) is 9.47 Å². The third-order valence-electron chi connectivity index (χ3n) is 3.61. The lowest BCUT2D eigenvalue weighted by Gasteiger charge is -2.21. The predicted octanol–water partition coefficient (Wildman–Crippen LogP) is 3.46. The molecule has 104 valence electrons. The smallest absolute Gasteiger partial charge is 0.162 e. The minimum absolute atomic E-state index is 0.176. The molecule has 3 heteroatoms. The molecule has 2 atom stereocenters. The fourth-order valence-corrected chi connectivity index (χ4v) is 2.26. The molecular weight excluding hydrogens is 238 g/mol. The number of hydrogen-bond acceptors (Lipinski definition) is 3. The van der Waals surface area contributed by atoms with Crippen molar-refractivity contribution >= 4 is 0 Å². The SMILES string of the molecule is CNC(C)c1ccc(OC2C=CCCC2)c(OC)c1. The highest BCUT2D eigenvalue weighted by atomic mass is 16.5. The van der Waals surface area contributed by atoms with Crippen LogP contribution in [0.3, 0.4) is 0 Å². The minimum Gasteiger partial charge on any atom is -0.493 e. The molecule has 0 spiro atoms. The monoisotopic (exact) mass is 261 g/mol. The van der Waals surface area contributed by atoms with E-state index in [1.807, 2.05) is 19.2 Å². The second-order valence-electron chi connectivity index (χ2n) is 4.94. The van der Waals surface area contributed by atoms with E-state index >= 15 is 0 Å². The number of rotatable bonds is 5. The van der Waals surface area contributed by atoms with Crippen LogP contribution in [0.1, 0.15) is 37.8 Å². The van der Waals surface area contributed by atoms with Crippen molar-refractivity contribution in [1.29, 1.82) is 0 Å². The number of hydrogen-bond donors (Lipinski definition) is 1. The van der Waals surface area contributed by atoms with Gasteiger partial charge in [-0.25, -0.2) is 0 Å². The van der Waals surface area contributed by atoms with Gasteiger partial charge >= 0.3 is 0 Å². The van der Waals surface area contributed by atoms with Crippen LogP contribution in [0.4, 0.5) is 0 Å². The molecule has 1 N–H and O–H groups in total. The number of ether oxygens (including phenoxy) is 2. The van der Waals surface area contributed by atoms with Crippen molar-refractivity contribution in [1.82, 2.24) is 5.32 Å². The molecule has 1 aliphatic rings. The zero-order valence-corrected chi connectivity index (χ0v) is 12.0. The molecule has 1 aromatic carbocycles. The van der Waals surface area contributed by atoms with Gasteiger partial charge in [0.15, 0.2) is 11.5 Å². The van der Waals surface area contributed by atoms with E-state index in [1.54, 1.807) is 7.11 Å². The van der Waals surface area contributed by atoms with Gasteiger partial charge in [0, 0.05) is 6.04 Å². The summed E-state index contributed by atoms with van der Waals surface area (Å²) in [5.74, 6) is 1.63. The van der Waals surface area contributed by atoms with Gasteiger partial charge in [0.05, 0.1) is 7.11 Å². The van der Waals surface area contributed by atoms with Gasteiger partial charge < -0.3 is 14.8 Å². The van der Waals surface area contributed by atoms with Crippen LogP contribution in [0.5, 0.6) is 11.5 Å². The standard InChI is InChI=1S/C16H23NO2/c1-12(17-2)13-9-10-15(16(11-13)18-3)19-14-7-5-4-6-8-14/h5,7,9-12,14,17H,4,6,8H2,1-3H3. The van der Waals surface area contributed by atoms with Crippen LogP contribution in [-0.2, 0) is 0 Å². The average molecular weight is 261 g/mol. The summed E-state index contributed by atoms with van der Waals surface area (Å²) in [6.07, 6.45) is 7.95. The molecule has 0 aliphatic heterocycles. The van der Waals surface area contributed by atoms with Gasteiger partial charge in [0.2, 0.25) is 0 Å². The van der Waals surface area contributed by atoms with Gasteiger partial charge in [-0.3, -0.25) is 0 Å². The summed E-state index contributed by atoms with van der Waals surface area (Å²) >= 11 is 0. The highest BCUT2D eigenvalue weighted by Crippen LogP contribution is 2.32. The molecule has 0 radical (unpaired) electrons. The lowest BCUT2D eigenvalue weighted by molar-refractivity contribution is 0.219. The molecule has 0 saturated carbocycles. The number of nitrogens with one attached hydrogen (secondary N) is 1. The Labute approximate surface area is 115 Å². The van der Waals surface area contributed by atoms with E-state index in [1.165, 1.54) is 12.0 Å². The topological polar surface area (TPSA) is 30.5 Å². The Hall–Kier alpha value is -1.48. The molecule has 2 unspecified atom stereocenters. The Bertz CT molecular complexity index is 442. The summed E-state index contributed by atoms with van der Waals surface area (Å²) in [7, 11) is 3.64. The molecule has 0 bridgehead atoms. The van der Waals surface area contributed by atoms with Crippen molar-refractivity contribution in [2.75, 3.05) is 14.2 Å². The van der Waals surface area contributed by atoms with Crippen LogP contribution in [0.25, 0.3) is 0 Å². The van der Waals surface area contributed by atoms with Crippen LogP contribution < -0.4 is 14.8 Å². The molecule has 3 nitrogen and oxygen atoms in total. The van der Waals surface area contributed by atoms with E-state index in [9.17, 15) is 0 Å². The van der Waals surface area contributed by atoms with Crippen molar-refractivity contribution in [2.24, 2.45) is 0 Å². The first kappa shape index (κ1) is 13.9. The van der Waals surface area contributed by atoms with Crippen LogP contribution in [0.2, 0.25) is 0 Å². The highest BCUT2D eigenvalue weighted by Gasteiger charge is 2.14. The summed E-state index contributed by atoms with van der Waals surface area (Å²) in [6, 6.07) is 6.44. The third-order valence-corrected chi connectivity index (χ3v) is 3.61. The van der Waals surface area contributed by atoms with Gasteiger partial charge in [-0.05, 0) is 57.0 Å². The molecule has 0 fully saturated rings. The van der Waals surface area contributed by atoms with Crippen LogP contribution in [0.15, 0.2) is 30.4 Å². The molecule has 19 heavy (non-hydrogen) atoms. The van der Waals surface area contributed by atoms with E-state index in [0.717, 1.165) is 24.3 Å². The minimum atomic E-state index is 0.176.